The Labute approximate surface area is 183 Å². The van der Waals surface area contributed by atoms with E-state index in [1.807, 2.05) is 18.2 Å². The average Bonchev–Trinajstić information content (AvgIpc) is 2.79. The molecule has 1 unspecified atom stereocenters. The van der Waals surface area contributed by atoms with E-state index in [0.29, 0.717) is 31.5 Å². The molecule has 31 heavy (non-hydrogen) atoms. The number of anilines is 1. The van der Waals surface area contributed by atoms with Crippen molar-refractivity contribution >= 4 is 29.2 Å². The number of nitrogens with one attached hydrogen (secondary N) is 1. The Morgan fingerprint density at radius 2 is 1.94 bits per heavy atom. The van der Waals surface area contributed by atoms with Crippen LogP contribution in [0.3, 0.4) is 0 Å². The summed E-state index contributed by atoms with van der Waals surface area (Å²) in [5, 5.41) is 2.96. The molecule has 3 rings (SSSR count). The summed E-state index contributed by atoms with van der Waals surface area (Å²) < 4.78 is 0. The quantitative estimate of drug-likeness (QED) is 0.555. The number of para-hydroxylation sites is 1. The molecule has 1 aliphatic carbocycles. The van der Waals surface area contributed by atoms with Gasteiger partial charge in [-0.25, -0.2) is 4.79 Å². The smallest absolute Gasteiger partial charge is 0.350 e. The number of allylic oxidation sites excluding steroid dienone is 3. The first-order valence-electron chi connectivity index (χ1n) is 11.0. The zero-order chi connectivity index (χ0) is 22.1. The number of nitrogens with zero attached hydrogens (tertiary/aromatic N) is 3. The molecule has 164 valence electrons. The number of benzene rings is 1. The van der Waals surface area contributed by atoms with E-state index >= 15 is 0 Å². The largest absolute Gasteiger partial charge is 0.372 e. The molecule has 0 bridgehead atoms. The van der Waals surface area contributed by atoms with Crippen molar-refractivity contribution in [2.45, 2.75) is 32.6 Å². The minimum atomic E-state index is -0.514. The number of unbranched alkanes of at least 4 members (excludes halogenated alkanes) is 1. The van der Waals surface area contributed by atoms with Crippen molar-refractivity contribution in [1.29, 1.82) is 0 Å². The lowest BCUT2D eigenvalue weighted by Gasteiger charge is -2.28. The van der Waals surface area contributed by atoms with Crippen molar-refractivity contribution in [3.05, 3.63) is 54.6 Å². The second-order valence-electron chi connectivity index (χ2n) is 7.61. The highest BCUT2D eigenvalue weighted by Gasteiger charge is 2.35. The van der Waals surface area contributed by atoms with Gasteiger partial charge in [0.05, 0.1) is 11.6 Å². The van der Waals surface area contributed by atoms with Crippen LogP contribution < -0.4 is 10.2 Å². The van der Waals surface area contributed by atoms with Crippen molar-refractivity contribution in [2.75, 3.05) is 31.1 Å². The van der Waals surface area contributed by atoms with Gasteiger partial charge in [-0.1, -0.05) is 36.4 Å². The number of hydrogen-bond donors (Lipinski definition) is 1. The van der Waals surface area contributed by atoms with E-state index in [2.05, 4.69) is 34.3 Å². The Kier molecular flexibility index (Phi) is 8.15. The second-order valence-corrected chi connectivity index (χ2v) is 7.61. The summed E-state index contributed by atoms with van der Waals surface area (Å²) in [7, 11) is 0. The fourth-order valence-electron chi connectivity index (χ4n) is 3.74. The van der Waals surface area contributed by atoms with E-state index in [9.17, 15) is 14.4 Å². The van der Waals surface area contributed by atoms with Crippen molar-refractivity contribution < 1.29 is 14.4 Å². The summed E-state index contributed by atoms with van der Waals surface area (Å²) in [6.07, 6.45) is 9.46. The lowest BCUT2D eigenvalue weighted by molar-refractivity contribution is -0.129. The third-order valence-electron chi connectivity index (χ3n) is 5.45. The van der Waals surface area contributed by atoms with Gasteiger partial charge in [0.25, 0.3) is 0 Å². The van der Waals surface area contributed by atoms with E-state index in [1.54, 1.807) is 24.3 Å². The highest BCUT2D eigenvalue weighted by Crippen LogP contribution is 2.20. The molecule has 0 aromatic heterocycles. The Morgan fingerprint density at radius 3 is 2.71 bits per heavy atom. The van der Waals surface area contributed by atoms with E-state index in [1.165, 1.54) is 10.6 Å². The fourth-order valence-corrected chi connectivity index (χ4v) is 3.74. The highest BCUT2D eigenvalue weighted by atomic mass is 16.2. The van der Waals surface area contributed by atoms with Crippen molar-refractivity contribution in [1.82, 2.24) is 10.2 Å². The molecule has 4 amide bonds. The van der Waals surface area contributed by atoms with E-state index in [-0.39, 0.29) is 18.4 Å². The molecule has 1 heterocycles. The van der Waals surface area contributed by atoms with Crippen LogP contribution in [0.15, 0.2) is 59.6 Å². The normalized spacial score (nSPS) is 17.4. The molecule has 0 saturated carbocycles. The first-order valence-corrected chi connectivity index (χ1v) is 11.0. The zero-order valence-corrected chi connectivity index (χ0v) is 18.0. The summed E-state index contributed by atoms with van der Waals surface area (Å²) >= 11 is 0. The Balaban J connectivity index is 1.31. The lowest BCUT2D eigenvalue weighted by Crippen LogP contribution is -2.46. The first kappa shape index (κ1) is 22.5. The Morgan fingerprint density at radius 1 is 1.13 bits per heavy atom. The molecule has 1 aliphatic heterocycles. The van der Waals surface area contributed by atoms with Gasteiger partial charge in [0, 0.05) is 38.3 Å². The molecule has 1 aromatic carbocycles. The minimum absolute atomic E-state index is 0.000264. The first-order chi connectivity index (χ1) is 15.1. The maximum Gasteiger partial charge on any atom is 0.350 e. The molecule has 1 atom stereocenters. The van der Waals surface area contributed by atoms with Crippen LogP contribution in [0, 0.1) is 5.92 Å². The molecule has 0 fully saturated rings. The molecule has 0 radical (unpaired) electrons. The van der Waals surface area contributed by atoms with Gasteiger partial charge < -0.3 is 10.2 Å². The number of amides is 4. The van der Waals surface area contributed by atoms with E-state index in [4.69, 9.17) is 0 Å². The Bertz CT molecular complexity index is 876. The van der Waals surface area contributed by atoms with Gasteiger partial charge in [0.1, 0.15) is 0 Å². The molecule has 0 spiro atoms. The van der Waals surface area contributed by atoms with Crippen LogP contribution >= 0.6 is 0 Å². The number of carbonyl (C=O) groups excluding carboxylic acids is 3. The summed E-state index contributed by atoms with van der Waals surface area (Å²) in [6.45, 7) is 4.84. The molecular weight excluding hydrogens is 392 g/mol. The molecule has 1 aromatic rings. The van der Waals surface area contributed by atoms with Crippen molar-refractivity contribution in [3.8, 4) is 0 Å². The van der Waals surface area contributed by atoms with Gasteiger partial charge in [-0.2, -0.15) is 4.99 Å². The van der Waals surface area contributed by atoms with Crippen LogP contribution in [0.25, 0.3) is 0 Å². The second kappa shape index (κ2) is 11.2. The predicted molar refractivity (Wildman–Crippen MR) is 122 cm³/mol. The van der Waals surface area contributed by atoms with Gasteiger partial charge in [0.15, 0.2) is 0 Å². The maximum atomic E-state index is 12.5. The average molecular weight is 423 g/mol. The van der Waals surface area contributed by atoms with E-state index < -0.39 is 11.9 Å². The van der Waals surface area contributed by atoms with Crippen LogP contribution in [0.1, 0.15) is 32.6 Å². The van der Waals surface area contributed by atoms with Crippen LogP contribution in [-0.4, -0.2) is 54.6 Å². The SMILES string of the molecule is CCN(CCCNC(=O)CCCCN1C(=O)N=C2C=CC=CC2C1=O)c1ccccc1. The van der Waals surface area contributed by atoms with Crippen LogP contribution in [-0.2, 0) is 9.59 Å². The predicted octanol–water partition coefficient (Wildman–Crippen LogP) is 3.33. The molecule has 2 aliphatic rings. The summed E-state index contributed by atoms with van der Waals surface area (Å²) in [6, 6.07) is 9.72. The third kappa shape index (κ3) is 6.13. The summed E-state index contributed by atoms with van der Waals surface area (Å²) in [5.74, 6) is -0.705. The molecule has 7 heteroatoms. The summed E-state index contributed by atoms with van der Waals surface area (Å²) in [5.41, 5.74) is 1.69. The van der Waals surface area contributed by atoms with Crippen LogP contribution in [0.4, 0.5) is 10.5 Å². The van der Waals surface area contributed by atoms with Crippen LogP contribution in [0.2, 0.25) is 0 Å². The maximum absolute atomic E-state index is 12.5. The fraction of sp³-hybridized carbons (Fsp3) is 0.417. The molecule has 0 saturated heterocycles. The third-order valence-corrected chi connectivity index (χ3v) is 5.45. The van der Waals surface area contributed by atoms with Gasteiger partial charge in [-0.3, -0.25) is 14.5 Å². The number of fused-ring (bicyclic) bond motifs is 1. The van der Waals surface area contributed by atoms with Crippen molar-refractivity contribution in [3.63, 3.8) is 0 Å². The number of carbonyl (C=O) groups is 3. The molecular formula is C24H30N4O3. The van der Waals surface area contributed by atoms with E-state index in [0.717, 1.165) is 19.5 Å². The van der Waals surface area contributed by atoms with Gasteiger partial charge in [-0.05, 0) is 44.4 Å². The van der Waals surface area contributed by atoms with Crippen LogP contribution in [0.5, 0.6) is 0 Å². The molecule has 1 N–H and O–H groups in total. The molecule has 7 nitrogen and oxygen atoms in total. The van der Waals surface area contributed by atoms with Crippen molar-refractivity contribution in [2.24, 2.45) is 10.9 Å². The number of urea groups is 1. The number of aliphatic imine (C=N–C) groups is 1. The highest BCUT2D eigenvalue weighted by molar-refractivity contribution is 6.21. The van der Waals surface area contributed by atoms with Gasteiger partial charge in [0.2, 0.25) is 11.8 Å². The zero-order valence-electron chi connectivity index (χ0n) is 18.0. The standard InChI is InChI=1S/C24H30N4O3/c1-2-27(19-11-4-3-5-12-19)17-10-16-25-22(29)15-8-9-18-28-23(30)20-13-6-7-14-21(20)26-24(28)31/h3-7,11-14,20H,2,8-10,15-18H2,1H3,(H,25,29). The summed E-state index contributed by atoms with van der Waals surface area (Å²) in [4.78, 5) is 44.2. The lowest BCUT2D eigenvalue weighted by atomic mass is 9.95. The Hall–Kier alpha value is -3.22. The monoisotopic (exact) mass is 422 g/mol. The number of imide groups is 1. The van der Waals surface area contributed by atoms with Gasteiger partial charge in [-0.15, -0.1) is 0 Å². The topological polar surface area (TPSA) is 82.1 Å². The number of rotatable bonds is 11. The minimum Gasteiger partial charge on any atom is -0.372 e. The number of hydrogen-bond acceptors (Lipinski definition) is 4. The van der Waals surface area contributed by atoms with Gasteiger partial charge >= 0.3 is 6.03 Å².